The number of oxime groups is 1. The molecule has 0 saturated heterocycles. The van der Waals surface area contributed by atoms with Crippen LogP contribution in [0.5, 0.6) is 0 Å². The van der Waals surface area contributed by atoms with Gasteiger partial charge in [-0.2, -0.15) is 0 Å². The lowest BCUT2D eigenvalue weighted by Crippen LogP contribution is -2.65. The summed E-state index contributed by atoms with van der Waals surface area (Å²) in [5, 5.41) is 38.0. The number of nitrogens with two attached hydrogens (primary N) is 2. The molecular weight excluding hydrogens is 458 g/mol. The minimum Gasteiger partial charge on any atom is -0.396 e. The first-order valence-electron chi connectivity index (χ1n) is 14.1. The van der Waals surface area contributed by atoms with Crippen molar-refractivity contribution in [3.8, 4) is 0 Å². The quantitative estimate of drug-likeness (QED) is 0.115. The zero-order valence-electron chi connectivity index (χ0n) is 22.3. The Labute approximate surface area is 216 Å². The fourth-order valence-corrected chi connectivity index (χ4v) is 8.47. The van der Waals surface area contributed by atoms with Gasteiger partial charge >= 0.3 is 0 Å². The topological polar surface area (TPSA) is 159 Å². The van der Waals surface area contributed by atoms with E-state index in [0.29, 0.717) is 56.9 Å². The number of nitrogens with one attached hydrogen (secondary N) is 2. The molecular formula is C27H49N5O4. The van der Waals surface area contributed by atoms with Gasteiger partial charge in [-0.05, 0) is 93.9 Å². The SMILES string of the molecule is C[C@]12CCC(OCCCN)CC1CC[C@@H]1[C@H]2CC[C@]2(C)C(O)(/C=N/OCCCNC(=N)N)CC[C@@]12O. The summed E-state index contributed by atoms with van der Waals surface area (Å²) in [5.41, 5.74) is 8.41. The Morgan fingerprint density at radius 3 is 2.61 bits per heavy atom. The second kappa shape index (κ2) is 10.8. The summed E-state index contributed by atoms with van der Waals surface area (Å²) in [5.74, 6) is 1.25. The van der Waals surface area contributed by atoms with Crippen molar-refractivity contribution >= 4 is 12.2 Å². The first-order chi connectivity index (χ1) is 17.1. The lowest BCUT2D eigenvalue weighted by molar-refractivity contribution is -0.225. The van der Waals surface area contributed by atoms with Crippen molar-refractivity contribution in [2.24, 2.45) is 45.2 Å². The Kier molecular flexibility index (Phi) is 8.25. The first kappa shape index (κ1) is 27.6. The maximum Gasteiger partial charge on any atom is 0.185 e. The molecule has 0 bridgehead atoms. The Hall–Kier alpha value is -1.42. The third kappa shape index (κ3) is 4.76. The maximum atomic E-state index is 12.3. The van der Waals surface area contributed by atoms with Crippen molar-refractivity contribution in [1.82, 2.24) is 5.32 Å². The van der Waals surface area contributed by atoms with Gasteiger partial charge in [0, 0.05) is 25.0 Å². The summed E-state index contributed by atoms with van der Waals surface area (Å²) >= 11 is 0. The highest BCUT2D eigenvalue weighted by molar-refractivity contribution is 5.74. The molecule has 0 aromatic rings. The number of nitrogens with zero attached hydrogens (tertiary/aromatic N) is 1. The van der Waals surface area contributed by atoms with Gasteiger partial charge in [-0.15, -0.1) is 0 Å². The molecule has 9 nitrogen and oxygen atoms in total. The summed E-state index contributed by atoms with van der Waals surface area (Å²) in [6.07, 6.45) is 11.9. The smallest absolute Gasteiger partial charge is 0.185 e. The van der Waals surface area contributed by atoms with Crippen molar-refractivity contribution in [2.45, 2.75) is 102 Å². The van der Waals surface area contributed by atoms with E-state index in [4.69, 9.17) is 26.5 Å². The largest absolute Gasteiger partial charge is 0.396 e. The molecule has 3 unspecified atom stereocenters. The lowest BCUT2D eigenvalue weighted by Gasteiger charge is -2.64. The number of fused-ring (bicyclic) bond motifs is 5. The lowest BCUT2D eigenvalue weighted by atomic mass is 9.43. The van der Waals surface area contributed by atoms with Gasteiger partial charge in [0.2, 0.25) is 0 Å². The molecule has 4 aliphatic carbocycles. The molecule has 0 heterocycles. The highest BCUT2D eigenvalue weighted by atomic mass is 16.6. The van der Waals surface area contributed by atoms with E-state index in [0.717, 1.165) is 58.0 Å². The maximum absolute atomic E-state index is 12.3. The number of hydrogen-bond acceptors (Lipinski definition) is 7. The van der Waals surface area contributed by atoms with Crippen LogP contribution < -0.4 is 16.8 Å². The number of ether oxygens (including phenoxy) is 1. The van der Waals surface area contributed by atoms with Crippen LogP contribution in [0.2, 0.25) is 0 Å². The van der Waals surface area contributed by atoms with Crippen LogP contribution in [0.1, 0.15) is 84.5 Å². The van der Waals surface area contributed by atoms with Crippen molar-refractivity contribution in [1.29, 1.82) is 5.41 Å². The summed E-state index contributed by atoms with van der Waals surface area (Å²) in [4.78, 5) is 5.40. The Morgan fingerprint density at radius 2 is 1.86 bits per heavy atom. The molecule has 4 rings (SSSR count). The zero-order chi connectivity index (χ0) is 26.0. The molecule has 0 aromatic carbocycles. The molecule has 0 aliphatic heterocycles. The third-order valence-electron chi connectivity index (χ3n) is 10.8. The highest BCUT2D eigenvalue weighted by Crippen LogP contribution is 2.69. The van der Waals surface area contributed by atoms with Gasteiger partial charge in [0.05, 0.1) is 17.9 Å². The molecule has 0 spiro atoms. The molecule has 4 aliphatic rings. The van der Waals surface area contributed by atoms with Gasteiger partial charge in [0.15, 0.2) is 5.96 Å². The Morgan fingerprint density at radius 1 is 1.06 bits per heavy atom. The monoisotopic (exact) mass is 507 g/mol. The molecule has 9 heteroatoms. The van der Waals surface area contributed by atoms with E-state index < -0.39 is 16.6 Å². The second-order valence-electron chi connectivity index (χ2n) is 12.4. The van der Waals surface area contributed by atoms with Crippen molar-refractivity contribution in [2.75, 3.05) is 26.3 Å². The molecule has 36 heavy (non-hydrogen) atoms. The summed E-state index contributed by atoms with van der Waals surface area (Å²) < 4.78 is 6.16. The van der Waals surface area contributed by atoms with Crippen LogP contribution >= 0.6 is 0 Å². The van der Waals surface area contributed by atoms with E-state index in [2.05, 4.69) is 24.3 Å². The molecule has 4 saturated carbocycles. The Bertz CT molecular complexity index is 813. The minimum absolute atomic E-state index is 0.0617. The molecule has 0 amide bonds. The standard InChI is InChI=1S/C27H49N5O4/c1-24-9-7-20(35-15-3-13-28)17-19(24)5-6-22-21(24)8-10-25(2)26(33,11-12-27(22,25)34)18-32-36-16-4-14-31-23(29)30/h18-22,33-34H,3-17,28H2,1-2H3,(H4,29,30,31)/b32-18+/t19?,20?,21-,22-,24+,25-,26?,27-/m1/s1. The summed E-state index contributed by atoms with van der Waals surface area (Å²) in [6, 6.07) is 0. The fraction of sp³-hybridized carbons (Fsp3) is 0.926. The highest BCUT2D eigenvalue weighted by Gasteiger charge is 2.71. The first-order valence-corrected chi connectivity index (χ1v) is 14.1. The summed E-state index contributed by atoms with van der Waals surface area (Å²) in [6.45, 7) is 6.87. The predicted molar refractivity (Wildman–Crippen MR) is 141 cm³/mol. The average molecular weight is 508 g/mol. The van der Waals surface area contributed by atoms with Gasteiger partial charge in [-0.1, -0.05) is 19.0 Å². The van der Waals surface area contributed by atoms with Crippen LogP contribution in [-0.2, 0) is 9.57 Å². The van der Waals surface area contributed by atoms with Crippen LogP contribution in [-0.4, -0.2) is 66.0 Å². The van der Waals surface area contributed by atoms with E-state index in [1.807, 2.05) is 0 Å². The normalized spacial score (nSPS) is 44.0. The molecule has 0 radical (unpaired) electrons. The van der Waals surface area contributed by atoms with Crippen LogP contribution in [0.4, 0.5) is 0 Å². The fourth-order valence-electron chi connectivity index (χ4n) is 8.47. The second-order valence-corrected chi connectivity index (χ2v) is 12.4. The van der Waals surface area contributed by atoms with E-state index in [1.54, 1.807) is 6.21 Å². The molecule has 206 valence electrons. The van der Waals surface area contributed by atoms with Crippen molar-refractivity contribution < 1.29 is 19.8 Å². The van der Waals surface area contributed by atoms with Crippen LogP contribution in [0, 0.1) is 34.0 Å². The van der Waals surface area contributed by atoms with E-state index >= 15 is 0 Å². The van der Waals surface area contributed by atoms with E-state index in [9.17, 15) is 10.2 Å². The van der Waals surface area contributed by atoms with Gasteiger partial charge in [-0.3, -0.25) is 5.41 Å². The number of hydrogen-bond donors (Lipinski definition) is 6. The van der Waals surface area contributed by atoms with Gasteiger partial charge in [-0.25, -0.2) is 0 Å². The minimum atomic E-state index is -1.18. The molecule has 8 N–H and O–H groups in total. The molecule has 0 aromatic heterocycles. The van der Waals surface area contributed by atoms with Crippen LogP contribution in [0.25, 0.3) is 0 Å². The van der Waals surface area contributed by atoms with Crippen LogP contribution in [0.3, 0.4) is 0 Å². The van der Waals surface area contributed by atoms with Crippen LogP contribution in [0.15, 0.2) is 5.16 Å². The van der Waals surface area contributed by atoms with E-state index in [1.165, 1.54) is 0 Å². The molecule has 8 atom stereocenters. The van der Waals surface area contributed by atoms with Gasteiger partial charge in [0.25, 0.3) is 0 Å². The number of guanidine groups is 1. The van der Waals surface area contributed by atoms with E-state index in [-0.39, 0.29) is 17.3 Å². The zero-order valence-corrected chi connectivity index (χ0v) is 22.3. The predicted octanol–water partition coefficient (Wildman–Crippen LogP) is 2.48. The van der Waals surface area contributed by atoms with Crippen molar-refractivity contribution in [3.05, 3.63) is 0 Å². The van der Waals surface area contributed by atoms with Gasteiger partial charge < -0.3 is 36.6 Å². The number of aliphatic hydroxyl groups is 2. The third-order valence-corrected chi connectivity index (χ3v) is 10.8. The molecule has 4 fully saturated rings. The van der Waals surface area contributed by atoms with Gasteiger partial charge in [0.1, 0.15) is 12.2 Å². The average Bonchev–Trinajstić information content (AvgIpc) is 3.05. The Balaban J connectivity index is 1.40. The van der Waals surface area contributed by atoms with Crippen molar-refractivity contribution in [3.63, 3.8) is 0 Å². The number of rotatable bonds is 10. The summed E-state index contributed by atoms with van der Waals surface area (Å²) in [7, 11) is 0.